The van der Waals surface area contributed by atoms with Crippen molar-refractivity contribution < 1.29 is 19.1 Å². The van der Waals surface area contributed by atoms with Crippen molar-refractivity contribution in [3.8, 4) is 0 Å². The summed E-state index contributed by atoms with van der Waals surface area (Å²) in [7, 11) is 0. The fraction of sp³-hybridized carbons (Fsp3) is 0.143. The molecule has 5 heteroatoms. The molecule has 0 bridgehead atoms. The van der Waals surface area contributed by atoms with Crippen LogP contribution in [0.2, 0.25) is 0 Å². The minimum Gasteiger partial charge on any atom is -0.478 e. The van der Waals surface area contributed by atoms with Crippen LogP contribution in [0.25, 0.3) is 0 Å². The third kappa shape index (κ3) is 3.22. The summed E-state index contributed by atoms with van der Waals surface area (Å²) in [5.74, 6) is -0.326. The average Bonchev–Trinajstić information content (AvgIpc) is 2.83. The maximum Gasteiger partial charge on any atom is 0.335 e. The predicted octanol–water partition coefficient (Wildman–Crippen LogP) is 2.22. The minimum atomic E-state index is -0.971. The molecule has 0 aliphatic carbocycles. The van der Waals surface area contributed by atoms with E-state index in [1.54, 1.807) is 31.2 Å². The Bertz CT molecular complexity index is 598. The fourth-order valence-electron chi connectivity index (χ4n) is 1.59. The summed E-state index contributed by atoms with van der Waals surface area (Å²) >= 11 is 0. The second-order valence-electron chi connectivity index (χ2n) is 4.10. The van der Waals surface area contributed by atoms with E-state index in [1.807, 2.05) is 0 Å². The van der Waals surface area contributed by atoms with Gasteiger partial charge in [0.05, 0.1) is 5.56 Å². The average molecular weight is 259 g/mol. The van der Waals surface area contributed by atoms with Gasteiger partial charge in [0.1, 0.15) is 5.76 Å². The summed E-state index contributed by atoms with van der Waals surface area (Å²) in [6.45, 7) is 2.08. The number of nitrogens with one attached hydrogen (secondary N) is 1. The number of aryl methyl sites for hydroxylation is 1. The lowest BCUT2D eigenvalue weighted by atomic mass is 10.1. The Morgan fingerprint density at radius 1 is 1.16 bits per heavy atom. The Kier molecular flexibility index (Phi) is 3.66. The van der Waals surface area contributed by atoms with E-state index in [2.05, 4.69) is 5.32 Å². The minimum absolute atomic E-state index is 0.219. The topological polar surface area (TPSA) is 79.5 Å². The van der Waals surface area contributed by atoms with Crippen molar-refractivity contribution in [3.05, 3.63) is 59.0 Å². The first kappa shape index (κ1) is 12.9. The molecule has 0 radical (unpaired) electrons. The molecule has 1 aromatic heterocycles. The summed E-state index contributed by atoms with van der Waals surface area (Å²) in [6, 6.07) is 9.66. The molecule has 2 N–H and O–H groups in total. The number of furan rings is 1. The molecule has 98 valence electrons. The zero-order valence-electron chi connectivity index (χ0n) is 10.3. The molecule has 0 aliphatic rings. The molecule has 1 aromatic carbocycles. The van der Waals surface area contributed by atoms with Gasteiger partial charge in [-0.2, -0.15) is 0 Å². The van der Waals surface area contributed by atoms with Crippen molar-refractivity contribution in [1.29, 1.82) is 0 Å². The van der Waals surface area contributed by atoms with Crippen molar-refractivity contribution in [2.24, 2.45) is 0 Å². The van der Waals surface area contributed by atoms with Gasteiger partial charge in [-0.15, -0.1) is 0 Å². The Morgan fingerprint density at radius 2 is 1.84 bits per heavy atom. The van der Waals surface area contributed by atoms with Gasteiger partial charge in [0.15, 0.2) is 5.76 Å². The van der Waals surface area contributed by atoms with Gasteiger partial charge in [-0.25, -0.2) is 4.79 Å². The quantitative estimate of drug-likeness (QED) is 0.882. The Hall–Kier alpha value is -2.56. The van der Waals surface area contributed by atoms with Crippen molar-refractivity contribution in [2.45, 2.75) is 13.5 Å². The number of benzene rings is 1. The van der Waals surface area contributed by atoms with Gasteiger partial charge >= 0.3 is 5.97 Å². The monoisotopic (exact) mass is 259 g/mol. The highest BCUT2D eigenvalue weighted by molar-refractivity contribution is 5.91. The third-order valence-electron chi connectivity index (χ3n) is 2.62. The number of carboxylic acids is 1. The van der Waals surface area contributed by atoms with Crippen molar-refractivity contribution >= 4 is 11.9 Å². The summed E-state index contributed by atoms with van der Waals surface area (Å²) in [4.78, 5) is 22.4. The SMILES string of the molecule is Cc1ccc(C(=O)NCc2ccc(C(=O)O)cc2)o1. The highest BCUT2D eigenvalue weighted by atomic mass is 16.4. The molecule has 2 aromatic rings. The second-order valence-corrected chi connectivity index (χ2v) is 4.10. The van der Waals surface area contributed by atoms with Crippen LogP contribution in [-0.2, 0) is 6.54 Å². The zero-order valence-corrected chi connectivity index (χ0v) is 10.3. The third-order valence-corrected chi connectivity index (χ3v) is 2.62. The van der Waals surface area contributed by atoms with Crippen molar-refractivity contribution in [1.82, 2.24) is 5.32 Å². The first-order valence-electron chi connectivity index (χ1n) is 5.73. The highest BCUT2D eigenvalue weighted by Crippen LogP contribution is 2.07. The summed E-state index contributed by atoms with van der Waals surface area (Å²) in [6.07, 6.45) is 0. The number of carbonyl (C=O) groups excluding carboxylic acids is 1. The Balaban J connectivity index is 1.95. The molecule has 0 atom stereocenters. The molecule has 0 spiro atoms. The van der Waals surface area contributed by atoms with Crippen LogP contribution in [-0.4, -0.2) is 17.0 Å². The van der Waals surface area contributed by atoms with Crippen molar-refractivity contribution in [2.75, 3.05) is 0 Å². The molecule has 0 unspecified atom stereocenters. The van der Waals surface area contributed by atoms with E-state index in [1.165, 1.54) is 12.1 Å². The van der Waals surface area contributed by atoms with E-state index in [-0.39, 0.29) is 17.2 Å². The van der Waals surface area contributed by atoms with E-state index in [0.29, 0.717) is 12.3 Å². The Labute approximate surface area is 109 Å². The van der Waals surface area contributed by atoms with Gasteiger partial charge < -0.3 is 14.8 Å². The first-order valence-corrected chi connectivity index (χ1v) is 5.73. The molecule has 0 aliphatic heterocycles. The van der Waals surface area contributed by atoms with E-state index < -0.39 is 5.97 Å². The van der Waals surface area contributed by atoms with Gasteiger partial charge in [-0.1, -0.05) is 12.1 Å². The molecule has 0 saturated heterocycles. The molecule has 0 fully saturated rings. The number of hydrogen-bond acceptors (Lipinski definition) is 3. The van der Waals surface area contributed by atoms with Crippen LogP contribution in [0, 0.1) is 6.92 Å². The van der Waals surface area contributed by atoms with Gasteiger partial charge in [0.2, 0.25) is 0 Å². The standard InChI is InChI=1S/C14H13NO4/c1-9-2-7-12(19-9)13(16)15-8-10-3-5-11(6-4-10)14(17)18/h2-7H,8H2,1H3,(H,15,16)(H,17,18). The molecular formula is C14H13NO4. The number of carbonyl (C=O) groups is 2. The molecule has 1 amide bonds. The summed E-state index contributed by atoms with van der Waals surface area (Å²) in [5.41, 5.74) is 1.04. The van der Waals surface area contributed by atoms with E-state index in [9.17, 15) is 9.59 Å². The smallest absolute Gasteiger partial charge is 0.335 e. The number of carboxylic acid groups (broad SMARTS) is 1. The van der Waals surface area contributed by atoms with Gasteiger partial charge in [-0.05, 0) is 36.8 Å². The van der Waals surface area contributed by atoms with E-state index in [0.717, 1.165) is 5.56 Å². The normalized spacial score (nSPS) is 10.2. The van der Waals surface area contributed by atoms with Crippen LogP contribution in [0.5, 0.6) is 0 Å². The molecular weight excluding hydrogens is 246 g/mol. The van der Waals surface area contributed by atoms with E-state index >= 15 is 0 Å². The first-order chi connectivity index (χ1) is 9.06. The van der Waals surface area contributed by atoms with Gasteiger partial charge in [0, 0.05) is 6.54 Å². The lowest BCUT2D eigenvalue weighted by molar-refractivity contribution is 0.0696. The number of rotatable bonds is 4. The van der Waals surface area contributed by atoms with Crippen LogP contribution >= 0.6 is 0 Å². The maximum atomic E-state index is 11.7. The molecule has 19 heavy (non-hydrogen) atoms. The van der Waals surface area contributed by atoms with E-state index in [4.69, 9.17) is 9.52 Å². The van der Waals surface area contributed by atoms with Crippen LogP contribution in [0.1, 0.15) is 32.2 Å². The molecule has 0 saturated carbocycles. The number of hydrogen-bond donors (Lipinski definition) is 2. The van der Waals surface area contributed by atoms with Crippen molar-refractivity contribution in [3.63, 3.8) is 0 Å². The molecule has 5 nitrogen and oxygen atoms in total. The predicted molar refractivity (Wildman–Crippen MR) is 68.0 cm³/mol. The van der Waals surface area contributed by atoms with Crippen LogP contribution in [0.3, 0.4) is 0 Å². The van der Waals surface area contributed by atoms with Gasteiger partial charge in [0.25, 0.3) is 5.91 Å². The molecule has 1 heterocycles. The van der Waals surface area contributed by atoms with Crippen LogP contribution < -0.4 is 5.32 Å². The van der Waals surface area contributed by atoms with Gasteiger partial charge in [-0.3, -0.25) is 4.79 Å². The summed E-state index contributed by atoms with van der Waals surface area (Å²) < 4.78 is 5.19. The van der Waals surface area contributed by atoms with Crippen LogP contribution in [0.15, 0.2) is 40.8 Å². The fourth-order valence-corrected chi connectivity index (χ4v) is 1.59. The van der Waals surface area contributed by atoms with Crippen LogP contribution in [0.4, 0.5) is 0 Å². The summed E-state index contributed by atoms with van der Waals surface area (Å²) in [5, 5.41) is 11.5. The number of amides is 1. The second kappa shape index (κ2) is 5.39. The Morgan fingerprint density at radius 3 is 2.37 bits per heavy atom. The molecule has 2 rings (SSSR count). The highest BCUT2D eigenvalue weighted by Gasteiger charge is 2.09. The zero-order chi connectivity index (χ0) is 13.8. The largest absolute Gasteiger partial charge is 0.478 e. The lowest BCUT2D eigenvalue weighted by Gasteiger charge is -2.04. The maximum absolute atomic E-state index is 11.7. The number of aromatic carboxylic acids is 1. The lowest BCUT2D eigenvalue weighted by Crippen LogP contribution is -2.22.